The highest BCUT2D eigenvalue weighted by Gasteiger charge is 2.07. The topological polar surface area (TPSA) is 20.2 Å². The van der Waals surface area contributed by atoms with E-state index in [0.29, 0.717) is 5.02 Å². The van der Waals surface area contributed by atoms with Crippen molar-refractivity contribution in [3.05, 3.63) is 57.5 Å². The van der Waals surface area contributed by atoms with Gasteiger partial charge in [-0.1, -0.05) is 45.4 Å². The van der Waals surface area contributed by atoms with Crippen LogP contribution < -0.4 is 0 Å². The minimum Gasteiger partial charge on any atom is -0.389 e. The van der Waals surface area contributed by atoms with Crippen LogP contribution in [0.15, 0.2) is 56.7 Å². The van der Waals surface area contributed by atoms with Gasteiger partial charge in [0, 0.05) is 14.3 Å². The third kappa shape index (κ3) is 3.51. The summed E-state index contributed by atoms with van der Waals surface area (Å²) in [6, 6.07) is 13.7. The number of aliphatic hydroxyl groups is 1. The van der Waals surface area contributed by atoms with Crippen LogP contribution in [0.2, 0.25) is 5.02 Å². The Kier molecular flexibility index (Phi) is 4.73. The Hall–Kier alpha value is -0.480. The summed E-state index contributed by atoms with van der Waals surface area (Å²) in [6.07, 6.45) is -0.491. The molecule has 94 valence electrons. The van der Waals surface area contributed by atoms with Crippen molar-refractivity contribution in [2.75, 3.05) is 0 Å². The first-order valence-corrected chi connectivity index (χ1v) is 7.46. The maximum absolute atomic E-state index is 9.49. The van der Waals surface area contributed by atoms with Crippen molar-refractivity contribution >= 4 is 39.3 Å². The van der Waals surface area contributed by atoms with E-state index in [-0.39, 0.29) is 0 Å². The molecule has 1 nitrogen and oxygen atoms in total. The summed E-state index contributed by atoms with van der Waals surface area (Å²) in [4.78, 5) is 2.12. The lowest BCUT2D eigenvalue weighted by atomic mass is 10.1. The van der Waals surface area contributed by atoms with Crippen molar-refractivity contribution in [3.8, 4) is 0 Å². The molecule has 0 amide bonds. The van der Waals surface area contributed by atoms with Gasteiger partial charge in [-0.05, 0) is 48.9 Å². The molecule has 1 unspecified atom stereocenters. The first-order valence-electron chi connectivity index (χ1n) is 5.47. The van der Waals surface area contributed by atoms with Crippen LogP contribution in [-0.4, -0.2) is 5.11 Å². The highest BCUT2D eigenvalue weighted by atomic mass is 79.9. The lowest BCUT2D eigenvalue weighted by Gasteiger charge is -2.09. The van der Waals surface area contributed by atoms with E-state index < -0.39 is 6.10 Å². The molecule has 0 aliphatic rings. The molecule has 0 saturated carbocycles. The van der Waals surface area contributed by atoms with Crippen LogP contribution in [0, 0.1) is 0 Å². The lowest BCUT2D eigenvalue weighted by Crippen LogP contribution is -1.90. The Labute approximate surface area is 124 Å². The first kappa shape index (κ1) is 13.9. The largest absolute Gasteiger partial charge is 0.389 e. The summed E-state index contributed by atoms with van der Waals surface area (Å²) in [5.74, 6) is 0. The van der Waals surface area contributed by atoms with Crippen LogP contribution in [0.25, 0.3) is 0 Å². The van der Waals surface area contributed by atoms with Crippen LogP contribution in [0.5, 0.6) is 0 Å². The predicted molar refractivity (Wildman–Crippen MR) is 80.4 cm³/mol. The average molecular weight is 344 g/mol. The molecule has 0 bridgehead atoms. The van der Waals surface area contributed by atoms with E-state index in [1.807, 2.05) is 42.5 Å². The number of halogens is 2. The van der Waals surface area contributed by atoms with E-state index in [0.717, 1.165) is 19.8 Å². The van der Waals surface area contributed by atoms with Gasteiger partial charge in [0.1, 0.15) is 0 Å². The Balaban J connectivity index is 2.22. The van der Waals surface area contributed by atoms with Gasteiger partial charge in [0.25, 0.3) is 0 Å². The standard InChI is InChI=1S/C14H12BrClOS/c1-9(17)10-2-7-14(13(16)8-10)18-12-5-3-11(15)4-6-12/h2-9,17H,1H3. The molecule has 2 rings (SSSR count). The Morgan fingerprint density at radius 1 is 1.17 bits per heavy atom. The molecule has 0 aromatic heterocycles. The van der Waals surface area contributed by atoms with Gasteiger partial charge < -0.3 is 5.11 Å². The molecule has 0 spiro atoms. The molecule has 2 aromatic carbocycles. The average Bonchev–Trinajstić information content (AvgIpc) is 2.34. The SMILES string of the molecule is CC(O)c1ccc(Sc2ccc(Br)cc2)c(Cl)c1. The van der Waals surface area contributed by atoms with Crippen LogP contribution >= 0.6 is 39.3 Å². The van der Waals surface area contributed by atoms with E-state index in [1.54, 1.807) is 18.7 Å². The quantitative estimate of drug-likeness (QED) is 0.815. The number of hydrogen-bond donors (Lipinski definition) is 1. The van der Waals surface area contributed by atoms with Crippen LogP contribution in [-0.2, 0) is 0 Å². The summed E-state index contributed by atoms with van der Waals surface area (Å²) in [7, 11) is 0. The molecular formula is C14H12BrClOS. The molecule has 1 N–H and O–H groups in total. The summed E-state index contributed by atoms with van der Waals surface area (Å²) in [6.45, 7) is 1.73. The fourth-order valence-electron chi connectivity index (χ4n) is 1.49. The zero-order chi connectivity index (χ0) is 13.1. The van der Waals surface area contributed by atoms with E-state index in [1.165, 1.54) is 0 Å². The molecular weight excluding hydrogens is 332 g/mol. The van der Waals surface area contributed by atoms with Crippen LogP contribution in [0.3, 0.4) is 0 Å². The maximum atomic E-state index is 9.49. The molecule has 2 aromatic rings. The minimum absolute atomic E-state index is 0.491. The van der Waals surface area contributed by atoms with Crippen molar-refractivity contribution in [1.82, 2.24) is 0 Å². The molecule has 1 atom stereocenters. The smallest absolute Gasteiger partial charge is 0.0762 e. The molecule has 0 heterocycles. The second kappa shape index (κ2) is 6.11. The van der Waals surface area contributed by atoms with Crippen LogP contribution in [0.1, 0.15) is 18.6 Å². The summed E-state index contributed by atoms with van der Waals surface area (Å²) in [5.41, 5.74) is 0.833. The van der Waals surface area contributed by atoms with Gasteiger partial charge in [0.15, 0.2) is 0 Å². The molecule has 0 aliphatic heterocycles. The molecule has 18 heavy (non-hydrogen) atoms. The van der Waals surface area contributed by atoms with Crippen LogP contribution in [0.4, 0.5) is 0 Å². The molecule has 4 heteroatoms. The third-order valence-electron chi connectivity index (χ3n) is 2.48. The summed E-state index contributed by atoms with van der Waals surface area (Å²) < 4.78 is 1.06. The van der Waals surface area contributed by atoms with Gasteiger partial charge in [-0.2, -0.15) is 0 Å². The number of aliphatic hydroxyl groups excluding tert-OH is 1. The molecule has 0 fully saturated rings. The van der Waals surface area contributed by atoms with Crippen molar-refractivity contribution in [2.45, 2.75) is 22.8 Å². The van der Waals surface area contributed by atoms with E-state index in [9.17, 15) is 5.11 Å². The molecule has 0 aliphatic carbocycles. The Morgan fingerprint density at radius 2 is 1.83 bits per heavy atom. The minimum atomic E-state index is -0.491. The van der Waals surface area contributed by atoms with Crippen molar-refractivity contribution in [2.24, 2.45) is 0 Å². The fraction of sp³-hybridized carbons (Fsp3) is 0.143. The van der Waals surface area contributed by atoms with Gasteiger partial charge in [-0.15, -0.1) is 0 Å². The van der Waals surface area contributed by atoms with E-state index >= 15 is 0 Å². The number of hydrogen-bond acceptors (Lipinski definition) is 2. The Morgan fingerprint density at radius 3 is 2.39 bits per heavy atom. The fourth-order valence-corrected chi connectivity index (χ4v) is 2.88. The monoisotopic (exact) mass is 342 g/mol. The van der Waals surface area contributed by atoms with Gasteiger partial charge >= 0.3 is 0 Å². The normalized spacial score (nSPS) is 12.4. The third-order valence-corrected chi connectivity index (χ3v) is 4.52. The van der Waals surface area contributed by atoms with Crippen molar-refractivity contribution < 1.29 is 5.11 Å². The highest BCUT2D eigenvalue weighted by molar-refractivity contribution is 9.10. The second-order valence-electron chi connectivity index (χ2n) is 3.92. The maximum Gasteiger partial charge on any atom is 0.0762 e. The van der Waals surface area contributed by atoms with E-state index in [2.05, 4.69) is 15.9 Å². The van der Waals surface area contributed by atoms with Crippen molar-refractivity contribution in [3.63, 3.8) is 0 Å². The van der Waals surface area contributed by atoms with Crippen molar-refractivity contribution in [1.29, 1.82) is 0 Å². The van der Waals surface area contributed by atoms with E-state index in [4.69, 9.17) is 11.6 Å². The zero-order valence-electron chi connectivity index (χ0n) is 9.73. The molecule has 0 saturated heterocycles. The Bertz CT molecular complexity index is 540. The number of rotatable bonds is 3. The predicted octanol–water partition coefficient (Wildman–Crippen LogP) is 5.31. The van der Waals surface area contributed by atoms with Gasteiger partial charge in [0.05, 0.1) is 11.1 Å². The summed E-state index contributed by atoms with van der Waals surface area (Å²) in [5, 5.41) is 10.2. The first-order chi connectivity index (χ1) is 8.56. The molecule has 0 radical (unpaired) electrons. The lowest BCUT2D eigenvalue weighted by molar-refractivity contribution is 0.199. The van der Waals surface area contributed by atoms with Gasteiger partial charge in [-0.25, -0.2) is 0 Å². The zero-order valence-corrected chi connectivity index (χ0v) is 12.9. The number of benzene rings is 2. The highest BCUT2D eigenvalue weighted by Crippen LogP contribution is 2.35. The van der Waals surface area contributed by atoms with Gasteiger partial charge in [-0.3, -0.25) is 0 Å². The second-order valence-corrected chi connectivity index (χ2v) is 6.36. The van der Waals surface area contributed by atoms with Gasteiger partial charge in [0.2, 0.25) is 0 Å². The summed E-state index contributed by atoms with van der Waals surface area (Å²) >= 11 is 11.2.